The van der Waals surface area contributed by atoms with E-state index in [0.29, 0.717) is 6.42 Å². The molecule has 118 valence electrons. The smallest absolute Gasteiger partial charge is 0.165 e. The first-order valence-corrected chi connectivity index (χ1v) is 8.00. The quantitative estimate of drug-likeness (QED) is 0.616. The summed E-state index contributed by atoms with van der Waals surface area (Å²) in [5.41, 5.74) is 3.41. The second kappa shape index (κ2) is 8.21. The Morgan fingerprint density at radius 3 is 2.33 bits per heavy atom. The van der Waals surface area contributed by atoms with Crippen molar-refractivity contribution in [3.63, 3.8) is 0 Å². The van der Waals surface area contributed by atoms with Crippen LogP contribution in [0.2, 0.25) is 0 Å². The first-order valence-electron chi connectivity index (χ1n) is 8.00. The van der Waals surface area contributed by atoms with Crippen molar-refractivity contribution < 1.29 is 9.53 Å². The number of ketones is 1. The predicted molar refractivity (Wildman–Crippen MR) is 89.1 cm³/mol. The molecule has 0 saturated carbocycles. The third-order valence-electron chi connectivity index (χ3n) is 3.63. The lowest BCUT2D eigenvalue weighted by molar-refractivity contribution is -0.120. The van der Waals surface area contributed by atoms with Gasteiger partial charge in [-0.3, -0.25) is 4.79 Å². The molecular formula is C19H30O2. The number of allylic oxidation sites excluding steroid dienone is 6. The van der Waals surface area contributed by atoms with Crippen molar-refractivity contribution in [2.75, 3.05) is 0 Å². The minimum atomic E-state index is 0.125. The lowest BCUT2D eigenvalue weighted by Gasteiger charge is -2.26. The zero-order valence-corrected chi connectivity index (χ0v) is 14.5. The molecule has 0 radical (unpaired) electrons. The molecule has 0 heterocycles. The first-order chi connectivity index (χ1) is 9.81. The number of carbonyl (C=O) groups excluding carboxylic acids is 1. The topological polar surface area (TPSA) is 26.3 Å². The van der Waals surface area contributed by atoms with E-state index in [-0.39, 0.29) is 17.8 Å². The van der Waals surface area contributed by atoms with Crippen LogP contribution in [0, 0.1) is 5.92 Å². The summed E-state index contributed by atoms with van der Waals surface area (Å²) in [6, 6.07) is 0. The normalized spacial score (nSPS) is 18.8. The van der Waals surface area contributed by atoms with Gasteiger partial charge in [0.2, 0.25) is 0 Å². The molecule has 0 aromatic carbocycles. The minimum absolute atomic E-state index is 0.125. The van der Waals surface area contributed by atoms with Gasteiger partial charge < -0.3 is 4.74 Å². The molecule has 2 nitrogen and oxygen atoms in total. The Bertz CT molecular complexity index is 456. The maximum Gasteiger partial charge on any atom is 0.165 e. The highest BCUT2D eigenvalue weighted by Gasteiger charge is 2.29. The minimum Gasteiger partial charge on any atom is -0.495 e. The van der Waals surface area contributed by atoms with Gasteiger partial charge in [-0.2, -0.15) is 0 Å². The van der Waals surface area contributed by atoms with Crippen molar-refractivity contribution in [2.24, 2.45) is 5.92 Å². The van der Waals surface area contributed by atoms with E-state index in [0.717, 1.165) is 30.6 Å². The van der Waals surface area contributed by atoms with Crippen LogP contribution in [0.1, 0.15) is 67.2 Å². The molecule has 0 saturated heterocycles. The largest absolute Gasteiger partial charge is 0.495 e. The summed E-state index contributed by atoms with van der Waals surface area (Å²) < 4.78 is 5.89. The molecule has 0 amide bonds. The van der Waals surface area contributed by atoms with E-state index in [1.54, 1.807) is 0 Å². The third-order valence-corrected chi connectivity index (χ3v) is 3.63. The van der Waals surface area contributed by atoms with Crippen LogP contribution in [0.5, 0.6) is 0 Å². The zero-order chi connectivity index (χ0) is 16.0. The maximum absolute atomic E-state index is 12.7. The van der Waals surface area contributed by atoms with E-state index in [9.17, 15) is 4.79 Å². The highest BCUT2D eigenvalue weighted by molar-refractivity contribution is 5.98. The number of carbonyl (C=O) groups is 1. The molecule has 1 unspecified atom stereocenters. The van der Waals surface area contributed by atoms with Crippen LogP contribution in [-0.4, -0.2) is 11.9 Å². The molecule has 0 bridgehead atoms. The Morgan fingerprint density at radius 2 is 1.81 bits per heavy atom. The van der Waals surface area contributed by atoms with Crippen LogP contribution < -0.4 is 0 Å². The average molecular weight is 290 g/mol. The Hall–Kier alpha value is -1.31. The molecule has 0 aliphatic heterocycles. The van der Waals surface area contributed by atoms with Gasteiger partial charge in [0.25, 0.3) is 0 Å². The Kier molecular flexibility index (Phi) is 6.94. The molecule has 0 N–H and O–H groups in total. The highest BCUT2D eigenvalue weighted by atomic mass is 16.5. The number of rotatable bonds is 6. The van der Waals surface area contributed by atoms with Gasteiger partial charge in [0, 0.05) is 17.9 Å². The molecule has 0 fully saturated rings. The van der Waals surface area contributed by atoms with E-state index >= 15 is 0 Å². The van der Waals surface area contributed by atoms with Crippen molar-refractivity contribution >= 4 is 5.78 Å². The van der Waals surface area contributed by atoms with Crippen molar-refractivity contribution in [1.29, 1.82) is 0 Å². The van der Waals surface area contributed by atoms with Gasteiger partial charge >= 0.3 is 0 Å². The molecule has 0 spiro atoms. The van der Waals surface area contributed by atoms with Crippen molar-refractivity contribution in [1.82, 2.24) is 0 Å². The van der Waals surface area contributed by atoms with E-state index in [1.165, 1.54) is 11.1 Å². The van der Waals surface area contributed by atoms with E-state index in [2.05, 4.69) is 39.8 Å². The lowest BCUT2D eigenvalue weighted by Crippen LogP contribution is -2.24. The van der Waals surface area contributed by atoms with Crippen LogP contribution in [-0.2, 0) is 9.53 Å². The summed E-state index contributed by atoms with van der Waals surface area (Å²) in [5.74, 6) is 1.33. The van der Waals surface area contributed by atoms with Crippen LogP contribution in [0.15, 0.2) is 34.6 Å². The summed E-state index contributed by atoms with van der Waals surface area (Å²) >= 11 is 0. The molecule has 1 aliphatic carbocycles. The second-order valence-corrected chi connectivity index (χ2v) is 6.67. The van der Waals surface area contributed by atoms with Crippen LogP contribution >= 0.6 is 0 Å². The van der Waals surface area contributed by atoms with E-state index < -0.39 is 0 Å². The van der Waals surface area contributed by atoms with Gasteiger partial charge in [0.05, 0.1) is 6.10 Å². The maximum atomic E-state index is 12.7. The van der Waals surface area contributed by atoms with Gasteiger partial charge in [-0.05, 0) is 60.8 Å². The highest BCUT2D eigenvalue weighted by Crippen LogP contribution is 2.32. The van der Waals surface area contributed by atoms with Gasteiger partial charge in [0.1, 0.15) is 5.76 Å². The SMILES string of the molecule is CC(C)=CCC1=C(OC(C)C)CCC(CC=C(C)C)C1=O. The van der Waals surface area contributed by atoms with Crippen LogP contribution in [0.4, 0.5) is 0 Å². The van der Waals surface area contributed by atoms with E-state index in [4.69, 9.17) is 4.74 Å². The summed E-state index contributed by atoms with van der Waals surface area (Å²) in [6.07, 6.45) is 7.78. The van der Waals surface area contributed by atoms with Gasteiger partial charge in [-0.1, -0.05) is 23.3 Å². The number of ether oxygens (including phenoxy) is 1. The lowest BCUT2D eigenvalue weighted by atomic mass is 9.82. The zero-order valence-electron chi connectivity index (χ0n) is 14.5. The Labute approximate surface area is 130 Å². The van der Waals surface area contributed by atoms with Gasteiger partial charge in [-0.25, -0.2) is 0 Å². The molecule has 0 aromatic heterocycles. The Morgan fingerprint density at radius 1 is 1.19 bits per heavy atom. The molecule has 2 heteroatoms. The predicted octanol–water partition coefficient (Wildman–Crippen LogP) is 5.36. The standard InChI is InChI=1S/C19H30O2/c1-13(2)7-9-16-10-12-18(21-15(5)6)17(19(16)20)11-8-14(3)4/h7-8,15-16H,9-12H2,1-6H3. The third kappa shape index (κ3) is 5.91. The average Bonchev–Trinajstić information content (AvgIpc) is 2.36. The van der Waals surface area contributed by atoms with E-state index in [1.807, 2.05) is 13.8 Å². The number of Topliss-reactive ketones (excluding diaryl/α,β-unsaturated/α-hetero) is 1. The van der Waals surface area contributed by atoms with Gasteiger partial charge in [-0.15, -0.1) is 0 Å². The number of hydrogen-bond acceptors (Lipinski definition) is 2. The molecule has 0 aromatic rings. The monoisotopic (exact) mass is 290 g/mol. The first kappa shape index (κ1) is 17.7. The molecule has 1 rings (SSSR count). The van der Waals surface area contributed by atoms with Crippen LogP contribution in [0.25, 0.3) is 0 Å². The van der Waals surface area contributed by atoms with Crippen molar-refractivity contribution in [3.8, 4) is 0 Å². The fourth-order valence-corrected chi connectivity index (χ4v) is 2.51. The second-order valence-electron chi connectivity index (χ2n) is 6.67. The summed E-state index contributed by atoms with van der Waals surface area (Å²) in [7, 11) is 0. The summed E-state index contributed by atoms with van der Waals surface area (Å²) in [4.78, 5) is 12.7. The summed E-state index contributed by atoms with van der Waals surface area (Å²) in [5, 5.41) is 0. The number of hydrogen-bond donors (Lipinski definition) is 0. The molecule has 1 aliphatic rings. The fourth-order valence-electron chi connectivity index (χ4n) is 2.51. The van der Waals surface area contributed by atoms with Crippen molar-refractivity contribution in [2.45, 2.75) is 73.3 Å². The molecule has 21 heavy (non-hydrogen) atoms. The van der Waals surface area contributed by atoms with Crippen LogP contribution in [0.3, 0.4) is 0 Å². The molecular weight excluding hydrogens is 260 g/mol. The van der Waals surface area contributed by atoms with Crippen molar-refractivity contribution in [3.05, 3.63) is 34.6 Å². The molecule has 1 atom stereocenters. The van der Waals surface area contributed by atoms with Gasteiger partial charge in [0.15, 0.2) is 5.78 Å². The fraction of sp³-hybridized carbons (Fsp3) is 0.632. The Balaban J connectivity index is 2.96. The summed E-state index contributed by atoms with van der Waals surface area (Å²) in [6.45, 7) is 12.3.